The van der Waals surface area contributed by atoms with Gasteiger partial charge in [-0.1, -0.05) is 12.1 Å². The number of rotatable bonds is 6. The number of aromatic nitrogens is 2. The highest BCUT2D eigenvalue weighted by Gasteiger charge is 2.36. The maximum Gasteiger partial charge on any atom is 0.262 e. The standard InChI is InChI=1S/C25H24N6O3/c1-16-14-21(29-25(26-16)30-12-4-5-13-30)27-17-8-10-18(11-9-17)28-22(32)15-31-23(33)19-6-2-3-7-20(19)24(31)34/h2-3,6-11,14H,4-5,12-13,15H2,1H3,(H,28,32)(H,26,27,29). The number of nitrogens with zero attached hydrogens (tertiary/aromatic N) is 4. The van der Waals surface area contributed by atoms with Crippen LogP contribution in [0.15, 0.2) is 54.6 Å². The summed E-state index contributed by atoms with van der Waals surface area (Å²) in [7, 11) is 0. The molecule has 2 aliphatic rings. The van der Waals surface area contributed by atoms with Gasteiger partial charge in [0.1, 0.15) is 12.4 Å². The molecular weight excluding hydrogens is 432 g/mol. The van der Waals surface area contributed by atoms with Gasteiger partial charge in [-0.3, -0.25) is 19.3 Å². The van der Waals surface area contributed by atoms with Crippen LogP contribution in [-0.2, 0) is 4.79 Å². The number of benzene rings is 2. The van der Waals surface area contributed by atoms with E-state index >= 15 is 0 Å². The molecule has 34 heavy (non-hydrogen) atoms. The third-order valence-corrected chi connectivity index (χ3v) is 5.85. The van der Waals surface area contributed by atoms with Crippen LogP contribution in [0.2, 0.25) is 0 Å². The molecule has 3 heterocycles. The molecule has 2 aromatic carbocycles. The van der Waals surface area contributed by atoms with Gasteiger partial charge in [-0.05, 0) is 56.2 Å². The molecule has 3 amide bonds. The van der Waals surface area contributed by atoms with Gasteiger partial charge in [0.05, 0.1) is 11.1 Å². The monoisotopic (exact) mass is 456 g/mol. The van der Waals surface area contributed by atoms with Crippen LogP contribution in [0.25, 0.3) is 0 Å². The third-order valence-electron chi connectivity index (χ3n) is 5.85. The Morgan fingerprint density at radius 3 is 2.18 bits per heavy atom. The number of fused-ring (bicyclic) bond motifs is 1. The first-order valence-corrected chi connectivity index (χ1v) is 11.2. The fourth-order valence-corrected chi connectivity index (χ4v) is 4.19. The van der Waals surface area contributed by atoms with Crippen molar-refractivity contribution in [1.29, 1.82) is 0 Å². The van der Waals surface area contributed by atoms with Gasteiger partial charge in [-0.15, -0.1) is 0 Å². The van der Waals surface area contributed by atoms with Crippen molar-refractivity contribution < 1.29 is 14.4 Å². The topological polar surface area (TPSA) is 108 Å². The maximum atomic E-state index is 12.5. The lowest BCUT2D eigenvalue weighted by Gasteiger charge is -2.17. The molecule has 172 valence electrons. The van der Waals surface area contributed by atoms with E-state index in [-0.39, 0.29) is 6.54 Å². The Balaban J connectivity index is 1.21. The Kier molecular flexibility index (Phi) is 5.67. The van der Waals surface area contributed by atoms with Crippen molar-refractivity contribution in [2.75, 3.05) is 35.2 Å². The fourth-order valence-electron chi connectivity index (χ4n) is 4.19. The molecule has 0 bridgehead atoms. The predicted octanol–water partition coefficient (Wildman–Crippen LogP) is 3.36. The average Bonchev–Trinajstić information content (AvgIpc) is 3.45. The Bertz CT molecular complexity index is 1230. The van der Waals surface area contributed by atoms with E-state index in [1.54, 1.807) is 36.4 Å². The first-order chi connectivity index (χ1) is 16.5. The number of hydrogen-bond donors (Lipinski definition) is 2. The van der Waals surface area contributed by atoms with Crippen molar-refractivity contribution >= 4 is 40.9 Å². The molecule has 9 heteroatoms. The SMILES string of the molecule is Cc1cc(Nc2ccc(NC(=O)CN3C(=O)c4ccccc4C3=O)cc2)nc(N2CCCC2)n1. The summed E-state index contributed by atoms with van der Waals surface area (Å²) in [6.45, 7) is 3.54. The Morgan fingerprint density at radius 1 is 0.912 bits per heavy atom. The Labute approximate surface area is 196 Å². The van der Waals surface area contributed by atoms with Crippen molar-refractivity contribution in [2.24, 2.45) is 0 Å². The van der Waals surface area contributed by atoms with Gasteiger partial charge in [-0.25, -0.2) is 4.98 Å². The molecule has 2 N–H and O–H groups in total. The number of amides is 3. The van der Waals surface area contributed by atoms with Crippen LogP contribution >= 0.6 is 0 Å². The van der Waals surface area contributed by atoms with Crippen LogP contribution in [0.1, 0.15) is 39.3 Å². The zero-order valence-electron chi connectivity index (χ0n) is 18.7. The molecule has 5 rings (SSSR count). The van der Waals surface area contributed by atoms with Crippen LogP contribution in [0, 0.1) is 6.92 Å². The van der Waals surface area contributed by atoms with E-state index in [0.29, 0.717) is 22.6 Å². The second-order valence-corrected chi connectivity index (χ2v) is 8.38. The number of anilines is 4. The summed E-state index contributed by atoms with van der Waals surface area (Å²) in [4.78, 5) is 49.7. The van der Waals surface area contributed by atoms with Gasteiger partial charge in [0.25, 0.3) is 11.8 Å². The molecule has 0 radical (unpaired) electrons. The molecule has 0 atom stereocenters. The highest BCUT2D eigenvalue weighted by molar-refractivity contribution is 6.22. The van der Waals surface area contributed by atoms with E-state index in [2.05, 4.69) is 25.5 Å². The van der Waals surface area contributed by atoms with Crippen molar-refractivity contribution in [3.05, 3.63) is 71.4 Å². The number of carbonyl (C=O) groups excluding carboxylic acids is 3. The predicted molar refractivity (Wildman–Crippen MR) is 128 cm³/mol. The molecule has 2 aliphatic heterocycles. The molecule has 0 unspecified atom stereocenters. The maximum absolute atomic E-state index is 12.5. The lowest BCUT2D eigenvalue weighted by Crippen LogP contribution is -2.37. The van der Waals surface area contributed by atoms with E-state index in [1.807, 2.05) is 25.1 Å². The number of carbonyl (C=O) groups is 3. The highest BCUT2D eigenvalue weighted by Crippen LogP contribution is 2.24. The number of nitrogens with one attached hydrogen (secondary N) is 2. The fraction of sp³-hybridized carbons (Fsp3) is 0.240. The molecule has 0 saturated carbocycles. The summed E-state index contributed by atoms with van der Waals surface area (Å²) >= 11 is 0. The minimum atomic E-state index is -0.455. The van der Waals surface area contributed by atoms with Gasteiger partial charge in [-0.2, -0.15) is 4.98 Å². The normalized spacial score (nSPS) is 15.0. The summed E-state index contributed by atoms with van der Waals surface area (Å²) in [5.41, 5.74) is 2.90. The summed E-state index contributed by atoms with van der Waals surface area (Å²) in [6, 6.07) is 15.6. The molecule has 3 aromatic rings. The van der Waals surface area contributed by atoms with Crippen molar-refractivity contribution in [2.45, 2.75) is 19.8 Å². The first-order valence-electron chi connectivity index (χ1n) is 11.2. The summed E-state index contributed by atoms with van der Waals surface area (Å²) in [6.07, 6.45) is 2.31. The number of imide groups is 1. The van der Waals surface area contributed by atoms with Crippen molar-refractivity contribution in [3.63, 3.8) is 0 Å². The van der Waals surface area contributed by atoms with Crippen LogP contribution in [0.3, 0.4) is 0 Å². The second-order valence-electron chi connectivity index (χ2n) is 8.38. The zero-order valence-corrected chi connectivity index (χ0v) is 18.7. The minimum absolute atomic E-state index is 0.323. The van der Waals surface area contributed by atoms with E-state index in [9.17, 15) is 14.4 Å². The quantitative estimate of drug-likeness (QED) is 0.548. The zero-order chi connectivity index (χ0) is 23.7. The van der Waals surface area contributed by atoms with Crippen LogP contribution in [0.4, 0.5) is 23.1 Å². The third kappa shape index (κ3) is 4.32. The van der Waals surface area contributed by atoms with E-state index in [1.165, 1.54) is 0 Å². The summed E-state index contributed by atoms with van der Waals surface area (Å²) < 4.78 is 0. The first kappa shape index (κ1) is 21.6. The largest absolute Gasteiger partial charge is 0.341 e. The highest BCUT2D eigenvalue weighted by atomic mass is 16.2. The van der Waals surface area contributed by atoms with Gasteiger partial charge in [0.15, 0.2) is 0 Å². The smallest absolute Gasteiger partial charge is 0.262 e. The number of hydrogen-bond acceptors (Lipinski definition) is 7. The molecule has 9 nitrogen and oxygen atoms in total. The summed E-state index contributed by atoms with van der Waals surface area (Å²) in [5.74, 6) is 0.0817. The van der Waals surface area contributed by atoms with Gasteiger partial charge >= 0.3 is 0 Å². The second kappa shape index (κ2) is 8.93. The Hall–Kier alpha value is -4.27. The summed E-state index contributed by atoms with van der Waals surface area (Å²) in [5, 5.41) is 6.02. The lowest BCUT2D eigenvalue weighted by atomic mass is 10.1. The number of aryl methyl sites for hydroxylation is 1. The van der Waals surface area contributed by atoms with Gasteiger partial charge in [0, 0.05) is 36.2 Å². The van der Waals surface area contributed by atoms with E-state index in [0.717, 1.165) is 48.2 Å². The van der Waals surface area contributed by atoms with Crippen LogP contribution in [-0.4, -0.2) is 52.2 Å². The molecule has 0 aliphatic carbocycles. The average molecular weight is 457 g/mol. The van der Waals surface area contributed by atoms with Crippen molar-refractivity contribution in [1.82, 2.24) is 14.9 Å². The minimum Gasteiger partial charge on any atom is -0.341 e. The van der Waals surface area contributed by atoms with E-state index < -0.39 is 17.7 Å². The van der Waals surface area contributed by atoms with Gasteiger partial charge < -0.3 is 15.5 Å². The lowest BCUT2D eigenvalue weighted by molar-refractivity contribution is -0.116. The molecule has 1 aromatic heterocycles. The van der Waals surface area contributed by atoms with E-state index in [4.69, 9.17) is 0 Å². The van der Waals surface area contributed by atoms with Gasteiger partial charge in [0.2, 0.25) is 11.9 Å². The van der Waals surface area contributed by atoms with Crippen molar-refractivity contribution in [3.8, 4) is 0 Å². The van der Waals surface area contributed by atoms with Crippen LogP contribution < -0.4 is 15.5 Å². The molecule has 0 spiro atoms. The molecular formula is C25H24N6O3. The molecule has 1 fully saturated rings. The Morgan fingerprint density at radius 2 is 1.53 bits per heavy atom. The molecule has 1 saturated heterocycles. The van der Waals surface area contributed by atoms with Crippen LogP contribution in [0.5, 0.6) is 0 Å².